The molecule has 0 bridgehead atoms. The van der Waals surface area contributed by atoms with E-state index in [1.165, 1.54) is 16.7 Å². The Bertz CT molecular complexity index is 432. The van der Waals surface area contributed by atoms with Gasteiger partial charge < -0.3 is 5.32 Å². The maximum atomic E-state index is 6.43. The van der Waals surface area contributed by atoms with Crippen LogP contribution in [0.15, 0.2) is 12.1 Å². The van der Waals surface area contributed by atoms with Gasteiger partial charge >= 0.3 is 0 Å². The van der Waals surface area contributed by atoms with Crippen molar-refractivity contribution in [3.05, 3.63) is 33.8 Å². The normalized spacial score (nSPS) is 15.4. The van der Waals surface area contributed by atoms with Crippen molar-refractivity contribution in [2.45, 2.75) is 54.0 Å². The van der Waals surface area contributed by atoms with E-state index in [0.717, 1.165) is 11.4 Å². The molecule has 1 nitrogen and oxygen atoms in total. The summed E-state index contributed by atoms with van der Waals surface area (Å²) in [6, 6.07) is 4.63. The van der Waals surface area contributed by atoms with Crippen molar-refractivity contribution in [1.82, 2.24) is 5.32 Å². The van der Waals surface area contributed by atoms with Gasteiger partial charge in [0.25, 0.3) is 0 Å². The maximum Gasteiger partial charge on any atom is 0.0456 e. The van der Waals surface area contributed by atoms with Crippen LogP contribution < -0.4 is 5.32 Å². The number of aryl methyl sites for hydroxylation is 2. The van der Waals surface area contributed by atoms with Crippen LogP contribution >= 0.6 is 11.6 Å². The monoisotopic (exact) mass is 281 g/mol. The number of benzene rings is 1. The van der Waals surface area contributed by atoms with E-state index in [0.29, 0.717) is 17.4 Å². The lowest BCUT2D eigenvalue weighted by molar-refractivity contribution is 0.226. The van der Waals surface area contributed by atoms with Gasteiger partial charge in [-0.25, -0.2) is 0 Å². The molecule has 0 aliphatic rings. The Morgan fingerprint density at radius 1 is 1.16 bits per heavy atom. The minimum Gasteiger partial charge on any atom is -0.313 e. The number of hydrogen-bond donors (Lipinski definition) is 1. The highest BCUT2D eigenvalue weighted by molar-refractivity contribution is 6.31. The quantitative estimate of drug-likeness (QED) is 0.791. The highest BCUT2D eigenvalue weighted by Gasteiger charge is 2.24. The van der Waals surface area contributed by atoms with Crippen LogP contribution in [0.4, 0.5) is 0 Å². The van der Waals surface area contributed by atoms with Gasteiger partial charge in [0, 0.05) is 11.1 Å². The molecule has 0 heterocycles. The maximum absolute atomic E-state index is 6.43. The molecule has 0 spiro atoms. The number of hydrogen-bond acceptors (Lipinski definition) is 1. The van der Waals surface area contributed by atoms with Gasteiger partial charge in [-0.15, -0.1) is 0 Å². The van der Waals surface area contributed by atoms with Crippen molar-refractivity contribution < 1.29 is 0 Å². The highest BCUT2D eigenvalue weighted by Crippen LogP contribution is 2.35. The topological polar surface area (TPSA) is 12.0 Å². The summed E-state index contributed by atoms with van der Waals surface area (Å²) < 4.78 is 0. The Labute approximate surface area is 123 Å². The van der Waals surface area contributed by atoms with Crippen molar-refractivity contribution in [2.24, 2.45) is 11.3 Å². The molecule has 0 aliphatic heterocycles. The van der Waals surface area contributed by atoms with Gasteiger partial charge in [-0.1, -0.05) is 45.4 Å². The van der Waals surface area contributed by atoms with Gasteiger partial charge in [0.05, 0.1) is 0 Å². The van der Waals surface area contributed by atoms with Crippen LogP contribution in [0.3, 0.4) is 0 Å². The van der Waals surface area contributed by atoms with Crippen LogP contribution in [-0.2, 0) is 0 Å². The first-order chi connectivity index (χ1) is 8.66. The van der Waals surface area contributed by atoms with Crippen molar-refractivity contribution in [1.29, 1.82) is 0 Å². The summed E-state index contributed by atoms with van der Waals surface area (Å²) in [4.78, 5) is 0. The van der Waals surface area contributed by atoms with Gasteiger partial charge in [0.15, 0.2) is 0 Å². The largest absolute Gasteiger partial charge is 0.313 e. The minimum absolute atomic E-state index is 0.320. The average Bonchev–Trinajstić information content (AvgIpc) is 2.29. The summed E-state index contributed by atoms with van der Waals surface area (Å²) in [5, 5.41) is 4.30. The molecule has 0 saturated carbocycles. The molecule has 2 heteroatoms. The Morgan fingerprint density at radius 2 is 1.68 bits per heavy atom. The number of nitrogens with one attached hydrogen (secondary N) is 1. The summed E-state index contributed by atoms with van der Waals surface area (Å²) in [6.45, 7) is 13.5. The van der Waals surface area contributed by atoms with Crippen molar-refractivity contribution in [3.8, 4) is 0 Å². The van der Waals surface area contributed by atoms with Gasteiger partial charge in [-0.3, -0.25) is 0 Å². The van der Waals surface area contributed by atoms with Gasteiger partial charge in [-0.2, -0.15) is 0 Å². The van der Waals surface area contributed by atoms with Crippen LogP contribution in [0.25, 0.3) is 0 Å². The Kier molecular flexibility index (Phi) is 5.46. The summed E-state index contributed by atoms with van der Waals surface area (Å²) in [6.07, 6.45) is 1.10. The molecule has 0 aromatic heterocycles. The third-order valence-corrected chi connectivity index (χ3v) is 4.73. The number of rotatable bonds is 4. The van der Waals surface area contributed by atoms with Crippen LogP contribution in [0.1, 0.15) is 56.8 Å². The molecule has 0 amide bonds. The van der Waals surface area contributed by atoms with Gasteiger partial charge in [-0.05, 0) is 61.4 Å². The second-order valence-corrected chi connectivity index (χ2v) is 7.21. The van der Waals surface area contributed by atoms with E-state index in [1.54, 1.807) is 0 Å². The molecule has 2 atom stereocenters. The van der Waals surface area contributed by atoms with Gasteiger partial charge in [0.2, 0.25) is 0 Å². The molecule has 1 aromatic rings. The predicted molar refractivity (Wildman–Crippen MR) is 86.0 cm³/mol. The van der Waals surface area contributed by atoms with Crippen LogP contribution in [0.2, 0.25) is 5.02 Å². The second kappa shape index (κ2) is 6.28. The van der Waals surface area contributed by atoms with E-state index < -0.39 is 0 Å². The molecule has 0 aliphatic carbocycles. The van der Waals surface area contributed by atoms with Crippen molar-refractivity contribution in [3.63, 3.8) is 0 Å². The van der Waals surface area contributed by atoms with E-state index in [1.807, 2.05) is 7.05 Å². The molecule has 1 N–H and O–H groups in total. The zero-order valence-corrected chi connectivity index (χ0v) is 14.2. The lowest BCUT2D eigenvalue weighted by Gasteiger charge is -2.31. The molecule has 1 rings (SSSR count). The third-order valence-electron chi connectivity index (χ3n) is 4.40. The zero-order chi connectivity index (χ0) is 14.8. The Hall–Kier alpha value is -0.530. The van der Waals surface area contributed by atoms with Crippen LogP contribution in [-0.4, -0.2) is 7.05 Å². The Morgan fingerprint density at radius 3 is 2.16 bits per heavy atom. The lowest BCUT2D eigenvalue weighted by atomic mass is 9.77. The minimum atomic E-state index is 0.320. The molecule has 0 saturated heterocycles. The molecule has 1 aromatic carbocycles. The first-order valence-electron chi connectivity index (χ1n) is 7.10. The number of halogens is 1. The molecule has 2 unspecified atom stereocenters. The van der Waals surface area contributed by atoms with E-state index in [-0.39, 0.29) is 0 Å². The molecule has 19 heavy (non-hydrogen) atoms. The van der Waals surface area contributed by atoms with Crippen molar-refractivity contribution >= 4 is 11.6 Å². The van der Waals surface area contributed by atoms with E-state index in [2.05, 4.69) is 59.0 Å². The summed E-state index contributed by atoms with van der Waals surface area (Å²) in [5.74, 6) is 0.627. The highest BCUT2D eigenvalue weighted by atomic mass is 35.5. The summed E-state index contributed by atoms with van der Waals surface area (Å²) in [5.41, 5.74) is 4.11. The SMILES string of the molecule is CNC(CC(C)C(C)(C)C)c1cc(C)c(C)cc1Cl. The first kappa shape index (κ1) is 16.5. The molecular weight excluding hydrogens is 254 g/mol. The van der Waals surface area contributed by atoms with Gasteiger partial charge in [0.1, 0.15) is 0 Å². The Balaban J connectivity index is 3.01. The molecule has 0 radical (unpaired) electrons. The summed E-state index contributed by atoms with van der Waals surface area (Å²) in [7, 11) is 2.02. The van der Waals surface area contributed by atoms with E-state index in [9.17, 15) is 0 Å². The third kappa shape index (κ3) is 4.22. The van der Waals surface area contributed by atoms with Crippen LogP contribution in [0, 0.1) is 25.2 Å². The van der Waals surface area contributed by atoms with Crippen LogP contribution in [0.5, 0.6) is 0 Å². The molecular formula is C17H28ClN. The predicted octanol–water partition coefficient (Wildman–Crippen LogP) is 5.29. The smallest absolute Gasteiger partial charge is 0.0456 e. The van der Waals surface area contributed by atoms with E-state index in [4.69, 9.17) is 11.6 Å². The molecule has 108 valence electrons. The average molecular weight is 282 g/mol. The fourth-order valence-electron chi connectivity index (χ4n) is 2.18. The summed E-state index contributed by atoms with van der Waals surface area (Å²) >= 11 is 6.43. The lowest BCUT2D eigenvalue weighted by Crippen LogP contribution is -2.25. The van der Waals surface area contributed by atoms with E-state index >= 15 is 0 Å². The second-order valence-electron chi connectivity index (χ2n) is 6.80. The van der Waals surface area contributed by atoms with Crippen molar-refractivity contribution in [2.75, 3.05) is 7.05 Å². The zero-order valence-electron chi connectivity index (χ0n) is 13.4. The standard InChI is InChI=1S/C17H28ClN/c1-11-8-14(15(18)9-12(11)2)16(19-7)10-13(3)17(4,5)6/h8-9,13,16,19H,10H2,1-7H3. The fraction of sp³-hybridized carbons (Fsp3) is 0.647. The first-order valence-corrected chi connectivity index (χ1v) is 7.48. The molecule has 0 fully saturated rings. The fourth-order valence-corrected chi connectivity index (χ4v) is 2.53.